The first kappa shape index (κ1) is 25.5. The van der Waals surface area contributed by atoms with E-state index in [9.17, 15) is 4.79 Å². The Hall–Kier alpha value is -3.10. The fraction of sp³-hybridized carbons (Fsp3) is 0.414. The van der Waals surface area contributed by atoms with Gasteiger partial charge in [0.2, 0.25) is 5.91 Å². The number of aromatic nitrogens is 2. The van der Waals surface area contributed by atoms with Crippen LogP contribution in [-0.2, 0) is 23.6 Å². The molecule has 3 atom stereocenters. The lowest BCUT2D eigenvalue weighted by molar-refractivity contribution is -0.134. The zero-order valence-electron chi connectivity index (χ0n) is 21.8. The van der Waals surface area contributed by atoms with Crippen molar-refractivity contribution in [1.82, 2.24) is 20.2 Å². The number of fused-ring (bicyclic) bond motifs is 1. The van der Waals surface area contributed by atoms with Gasteiger partial charge in [0, 0.05) is 42.2 Å². The van der Waals surface area contributed by atoms with Crippen molar-refractivity contribution in [2.45, 2.75) is 50.0 Å². The maximum atomic E-state index is 13.5. The second kappa shape index (κ2) is 11.5. The molecular weight excluding hydrogens is 482 g/mol. The highest BCUT2D eigenvalue weighted by atomic mass is 32.2. The number of likely N-dealkylation sites (N-methyl/N-ethyl adjacent to an activating group) is 1. The van der Waals surface area contributed by atoms with E-state index in [4.69, 9.17) is 4.74 Å². The second-order valence-electron chi connectivity index (χ2n) is 9.80. The summed E-state index contributed by atoms with van der Waals surface area (Å²) in [7, 11) is 1.86. The van der Waals surface area contributed by atoms with E-state index in [1.54, 1.807) is 6.33 Å². The van der Waals surface area contributed by atoms with Crippen molar-refractivity contribution >= 4 is 23.5 Å². The molecule has 0 radical (unpaired) electrons. The third-order valence-electron chi connectivity index (χ3n) is 7.29. The summed E-state index contributed by atoms with van der Waals surface area (Å²) in [5.41, 5.74) is 4.66. The van der Waals surface area contributed by atoms with Crippen LogP contribution in [0.25, 0.3) is 0 Å². The number of benzene rings is 2. The molecular formula is C29H35N5O2S. The minimum absolute atomic E-state index is 0.148. The number of anilines is 1. The van der Waals surface area contributed by atoms with E-state index in [1.807, 2.05) is 66.2 Å². The summed E-state index contributed by atoms with van der Waals surface area (Å²) in [5, 5.41) is 3.65. The summed E-state index contributed by atoms with van der Waals surface area (Å²) in [6.45, 7) is 7.10. The normalized spacial score (nSPS) is 20.0. The maximum Gasteiger partial charge on any atom is 0.240 e. The Morgan fingerprint density at radius 2 is 1.86 bits per heavy atom. The van der Waals surface area contributed by atoms with E-state index in [2.05, 4.69) is 46.2 Å². The van der Waals surface area contributed by atoms with Crippen LogP contribution in [0.2, 0.25) is 0 Å². The van der Waals surface area contributed by atoms with Crippen LogP contribution in [0.4, 0.5) is 5.82 Å². The molecule has 0 aliphatic carbocycles. The lowest BCUT2D eigenvalue weighted by Gasteiger charge is -2.42. The summed E-state index contributed by atoms with van der Waals surface area (Å²) in [6, 6.07) is 18.1. The average molecular weight is 518 g/mol. The number of thioether (sulfide) groups is 1. The largest absolute Gasteiger partial charge is 0.489 e. The molecule has 1 amide bonds. The van der Waals surface area contributed by atoms with Gasteiger partial charge in [0.15, 0.2) is 0 Å². The SMILES string of the molecule is CNC(Cc1ccc(OCc2ccccc2)cc1)C(=O)N1CCN(c2ncnc3c2C(C)SC3)C(C)C1. The van der Waals surface area contributed by atoms with Crippen LogP contribution < -0.4 is 15.0 Å². The molecule has 3 aromatic rings. The first-order valence-electron chi connectivity index (χ1n) is 13.0. The lowest BCUT2D eigenvalue weighted by Crippen LogP contribution is -2.58. The Kier molecular flexibility index (Phi) is 7.96. The number of amides is 1. The molecule has 8 heteroatoms. The predicted octanol–water partition coefficient (Wildman–Crippen LogP) is 4.23. The van der Waals surface area contributed by atoms with Crippen molar-refractivity contribution in [2.24, 2.45) is 0 Å². The van der Waals surface area contributed by atoms with Gasteiger partial charge in [0.05, 0.1) is 11.7 Å². The molecule has 1 aromatic heterocycles. The molecule has 3 heterocycles. The van der Waals surface area contributed by atoms with E-state index in [0.717, 1.165) is 40.7 Å². The fourth-order valence-corrected chi connectivity index (χ4v) is 6.22. The van der Waals surface area contributed by atoms with Gasteiger partial charge in [-0.05, 0) is 50.6 Å². The average Bonchev–Trinajstić information content (AvgIpc) is 3.32. The quantitative estimate of drug-likeness (QED) is 0.480. The molecule has 0 spiro atoms. The molecule has 5 rings (SSSR count). The smallest absolute Gasteiger partial charge is 0.240 e. The monoisotopic (exact) mass is 517 g/mol. The van der Waals surface area contributed by atoms with Crippen molar-refractivity contribution in [3.8, 4) is 5.75 Å². The lowest BCUT2D eigenvalue weighted by atomic mass is 10.0. The van der Waals surface area contributed by atoms with Crippen molar-refractivity contribution < 1.29 is 9.53 Å². The minimum Gasteiger partial charge on any atom is -0.489 e. The Labute approximate surface area is 223 Å². The zero-order chi connectivity index (χ0) is 25.8. The van der Waals surface area contributed by atoms with Crippen LogP contribution in [0.5, 0.6) is 5.75 Å². The minimum atomic E-state index is -0.269. The van der Waals surface area contributed by atoms with Gasteiger partial charge in [-0.25, -0.2) is 9.97 Å². The molecule has 1 N–H and O–H groups in total. The molecule has 2 aliphatic rings. The highest BCUT2D eigenvalue weighted by Gasteiger charge is 2.34. The molecule has 7 nitrogen and oxygen atoms in total. The number of carbonyl (C=O) groups excluding carboxylic acids is 1. The van der Waals surface area contributed by atoms with Crippen LogP contribution >= 0.6 is 11.8 Å². The molecule has 2 aliphatic heterocycles. The van der Waals surface area contributed by atoms with Crippen molar-refractivity contribution in [3.05, 3.63) is 83.3 Å². The predicted molar refractivity (Wildman–Crippen MR) is 149 cm³/mol. The van der Waals surface area contributed by atoms with Gasteiger partial charge >= 0.3 is 0 Å². The molecule has 194 valence electrons. The third kappa shape index (κ3) is 5.75. The molecule has 1 saturated heterocycles. The third-order valence-corrected chi connectivity index (χ3v) is 8.47. The molecule has 2 aromatic carbocycles. The zero-order valence-corrected chi connectivity index (χ0v) is 22.6. The highest BCUT2D eigenvalue weighted by molar-refractivity contribution is 7.99. The van der Waals surface area contributed by atoms with Gasteiger partial charge in [-0.2, -0.15) is 0 Å². The number of rotatable bonds is 8. The first-order chi connectivity index (χ1) is 18.0. The van der Waals surface area contributed by atoms with Crippen LogP contribution in [0.3, 0.4) is 0 Å². The van der Waals surface area contributed by atoms with E-state index in [0.29, 0.717) is 31.4 Å². The summed E-state index contributed by atoms with van der Waals surface area (Å²) in [6.07, 6.45) is 2.32. The van der Waals surface area contributed by atoms with Gasteiger partial charge in [-0.3, -0.25) is 4.79 Å². The number of nitrogens with one attached hydrogen (secondary N) is 1. The number of hydrogen-bond acceptors (Lipinski definition) is 7. The molecule has 3 unspecified atom stereocenters. The number of hydrogen-bond donors (Lipinski definition) is 1. The number of ether oxygens (including phenoxy) is 1. The standard InChI is InChI=1S/C29H35N5O2S/c1-20-16-33(13-14-34(20)28-27-21(2)37-18-26(27)31-19-32-28)29(35)25(30-3)15-22-9-11-24(12-10-22)36-17-23-7-5-4-6-8-23/h4-12,19-21,25,30H,13-18H2,1-3H3. The second-order valence-corrected chi connectivity index (χ2v) is 11.1. The van der Waals surface area contributed by atoms with Crippen LogP contribution in [-0.4, -0.2) is 59.5 Å². The van der Waals surface area contributed by atoms with E-state index in [1.165, 1.54) is 5.56 Å². The van der Waals surface area contributed by atoms with E-state index >= 15 is 0 Å². The van der Waals surface area contributed by atoms with Crippen molar-refractivity contribution in [1.29, 1.82) is 0 Å². The topological polar surface area (TPSA) is 70.6 Å². The summed E-state index contributed by atoms with van der Waals surface area (Å²) >= 11 is 1.91. The Morgan fingerprint density at radius 1 is 1.08 bits per heavy atom. The molecule has 1 fully saturated rings. The molecule has 0 bridgehead atoms. The van der Waals surface area contributed by atoms with Gasteiger partial charge in [-0.1, -0.05) is 42.5 Å². The Balaban J connectivity index is 1.18. The Bertz CT molecular complexity index is 1210. The van der Waals surface area contributed by atoms with Crippen LogP contribution in [0, 0.1) is 0 Å². The van der Waals surface area contributed by atoms with E-state index in [-0.39, 0.29) is 18.0 Å². The molecule has 0 saturated carbocycles. The summed E-state index contributed by atoms with van der Waals surface area (Å²) in [4.78, 5) is 27.0. The number of carbonyl (C=O) groups is 1. The summed E-state index contributed by atoms with van der Waals surface area (Å²) in [5.74, 6) is 2.97. The van der Waals surface area contributed by atoms with Gasteiger partial charge < -0.3 is 19.9 Å². The highest BCUT2D eigenvalue weighted by Crippen LogP contribution is 2.44. The molecule has 37 heavy (non-hydrogen) atoms. The van der Waals surface area contributed by atoms with E-state index < -0.39 is 0 Å². The first-order valence-corrected chi connectivity index (χ1v) is 14.0. The van der Waals surface area contributed by atoms with Crippen molar-refractivity contribution in [3.63, 3.8) is 0 Å². The van der Waals surface area contributed by atoms with Crippen molar-refractivity contribution in [2.75, 3.05) is 31.6 Å². The number of nitrogens with zero attached hydrogens (tertiary/aromatic N) is 4. The van der Waals surface area contributed by atoms with Gasteiger partial charge in [0.1, 0.15) is 24.5 Å². The Morgan fingerprint density at radius 3 is 2.59 bits per heavy atom. The van der Waals surface area contributed by atoms with Gasteiger partial charge in [-0.15, -0.1) is 11.8 Å². The number of piperazine rings is 1. The summed E-state index contributed by atoms with van der Waals surface area (Å²) < 4.78 is 5.91. The van der Waals surface area contributed by atoms with Gasteiger partial charge in [0.25, 0.3) is 0 Å². The van der Waals surface area contributed by atoms with Crippen LogP contribution in [0.15, 0.2) is 60.9 Å². The van der Waals surface area contributed by atoms with Crippen LogP contribution in [0.1, 0.15) is 41.5 Å². The fourth-order valence-electron chi connectivity index (χ4n) is 5.17. The maximum absolute atomic E-state index is 13.5.